The van der Waals surface area contributed by atoms with Crippen LogP contribution in [0.5, 0.6) is 0 Å². The second kappa shape index (κ2) is 9.46. The molecule has 0 fully saturated rings. The predicted octanol–water partition coefficient (Wildman–Crippen LogP) is 3.16. The van der Waals surface area contributed by atoms with Gasteiger partial charge in [-0.1, -0.05) is 48.5 Å². The number of nitrogens with one attached hydrogen (secondary N) is 2. The smallest absolute Gasteiger partial charge is 0.328 e. The SMILES string of the molecule is COC(=O)[C@@H](Cc1c[nH]c2ccccc12)NC(=O)C(CS)Cc1ccccc1. The Hall–Kier alpha value is -2.73. The minimum absolute atomic E-state index is 0.200. The maximum atomic E-state index is 12.8. The van der Waals surface area contributed by atoms with Crippen molar-refractivity contribution < 1.29 is 14.3 Å². The second-order valence-electron chi connectivity index (χ2n) is 6.72. The number of rotatable bonds is 8. The number of amides is 1. The van der Waals surface area contributed by atoms with Crippen LogP contribution in [0.3, 0.4) is 0 Å². The van der Waals surface area contributed by atoms with Crippen LogP contribution in [0.4, 0.5) is 0 Å². The highest BCUT2D eigenvalue weighted by atomic mass is 32.1. The number of hydrogen-bond donors (Lipinski definition) is 3. The number of carbonyl (C=O) groups is 2. The van der Waals surface area contributed by atoms with Crippen molar-refractivity contribution in [3.63, 3.8) is 0 Å². The van der Waals surface area contributed by atoms with Crippen molar-refractivity contribution in [2.45, 2.75) is 18.9 Å². The van der Waals surface area contributed by atoms with Crippen molar-refractivity contribution in [2.24, 2.45) is 5.92 Å². The topological polar surface area (TPSA) is 71.2 Å². The molecule has 0 saturated heterocycles. The van der Waals surface area contributed by atoms with Crippen molar-refractivity contribution in [2.75, 3.05) is 12.9 Å². The number of carbonyl (C=O) groups excluding carboxylic acids is 2. The Labute approximate surface area is 169 Å². The molecule has 0 aliphatic rings. The van der Waals surface area contributed by atoms with Crippen molar-refractivity contribution in [3.05, 3.63) is 71.9 Å². The van der Waals surface area contributed by atoms with Crippen LogP contribution in [0, 0.1) is 5.92 Å². The molecule has 0 saturated carbocycles. The van der Waals surface area contributed by atoms with Gasteiger partial charge in [0.15, 0.2) is 0 Å². The molecule has 1 unspecified atom stereocenters. The molecule has 1 amide bonds. The van der Waals surface area contributed by atoms with Crippen molar-refractivity contribution in [1.82, 2.24) is 10.3 Å². The summed E-state index contributed by atoms with van der Waals surface area (Å²) in [5, 5.41) is 3.89. The molecule has 0 spiro atoms. The van der Waals surface area contributed by atoms with Gasteiger partial charge in [-0.05, 0) is 23.6 Å². The van der Waals surface area contributed by atoms with Gasteiger partial charge in [-0.15, -0.1) is 0 Å². The van der Waals surface area contributed by atoms with Gasteiger partial charge in [0, 0.05) is 29.3 Å². The average molecular weight is 397 g/mol. The fraction of sp³-hybridized carbons (Fsp3) is 0.273. The minimum atomic E-state index is -0.755. The van der Waals surface area contributed by atoms with E-state index in [0.29, 0.717) is 18.6 Å². The van der Waals surface area contributed by atoms with Crippen LogP contribution in [0.15, 0.2) is 60.8 Å². The Kier molecular flexibility index (Phi) is 6.76. The maximum absolute atomic E-state index is 12.8. The number of hydrogen-bond acceptors (Lipinski definition) is 4. The standard InChI is InChI=1S/C22H24N2O3S/c1-27-22(26)20(12-16-13-23-19-10-6-5-9-18(16)19)24-21(25)17(14-28)11-15-7-3-2-4-8-15/h2-10,13,17,20,23,28H,11-12,14H2,1H3,(H,24,25)/t17?,20-/m1/s1. The Morgan fingerprint density at radius 2 is 1.79 bits per heavy atom. The normalized spacial score (nSPS) is 13.1. The molecule has 1 heterocycles. The molecule has 3 aromatic rings. The van der Waals surface area contributed by atoms with Crippen LogP contribution in [-0.2, 0) is 27.2 Å². The summed E-state index contributed by atoms with van der Waals surface area (Å²) in [6.45, 7) is 0. The summed E-state index contributed by atoms with van der Waals surface area (Å²) in [6, 6.07) is 16.9. The molecule has 2 atom stereocenters. The van der Waals surface area contributed by atoms with Crippen LogP contribution in [-0.4, -0.2) is 35.8 Å². The monoisotopic (exact) mass is 396 g/mol. The van der Waals surface area contributed by atoms with Gasteiger partial charge in [-0.3, -0.25) is 4.79 Å². The molecule has 5 nitrogen and oxygen atoms in total. The second-order valence-corrected chi connectivity index (χ2v) is 7.08. The van der Waals surface area contributed by atoms with E-state index < -0.39 is 12.0 Å². The summed E-state index contributed by atoms with van der Waals surface area (Å²) in [6.07, 6.45) is 2.79. The largest absolute Gasteiger partial charge is 0.467 e. The summed E-state index contributed by atoms with van der Waals surface area (Å²) in [7, 11) is 1.33. The van der Waals surface area contributed by atoms with Crippen LogP contribution < -0.4 is 5.32 Å². The molecule has 0 radical (unpaired) electrons. The summed E-state index contributed by atoms with van der Waals surface area (Å²) in [5.74, 6) is -0.604. The Balaban J connectivity index is 1.74. The van der Waals surface area contributed by atoms with E-state index in [1.54, 1.807) is 0 Å². The third kappa shape index (κ3) is 4.75. The number of methoxy groups -OCH3 is 1. The van der Waals surface area contributed by atoms with Gasteiger partial charge in [-0.2, -0.15) is 12.6 Å². The average Bonchev–Trinajstić information content (AvgIpc) is 3.14. The Bertz CT molecular complexity index is 939. The van der Waals surface area contributed by atoms with E-state index in [9.17, 15) is 9.59 Å². The fourth-order valence-corrected chi connectivity index (χ4v) is 3.58. The molecule has 0 aliphatic carbocycles. The van der Waals surface area contributed by atoms with E-state index >= 15 is 0 Å². The number of para-hydroxylation sites is 1. The quantitative estimate of drug-likeness (QED) is 0.405. The first-order valence-electron chi connectivity index (χ1n) is 9.20. The van der Waals surface area contributed by atoms with E-state index in [4.69, 9.17) is 4.74 Å². The number of H-pyrrole nitrogens is 1. The van der Waals surface area contributed by atoms with Crippen LogP contribution in [0.1, 0.15) is 11.1 Å². The number of aromatic amines is 1. The molecule has 1 aromatic heterocycles. The zero-order valence-corrected chi connectivity index (χ0v) is 16.6. The first-order valence-corrected chi connectivity index (χ1v) is 9.83. The Morgan fingerprint density at radius 1 is 1.07 bits per heavy atom. The fourth-order valence-electron chi connectivity index (χ4n) is 3.28. The van der Waals surface area contributed by atoms with Gasteiger partial charge in [0.05, 0.1) is 13.0 Å². The number of thiol groups is 1. The van der Waals surface area contributed by atoms with E-state index in [1.807, 2.05) is 60.8 Å². The van der Waals surface area contributed by atoms with E-state index in [-0.39, 0.29) is 11.8 Å². The lowest BCUT2D eigenvalue weighted by atomic mass is 9.99. The molecule has 3 rings (SSSR count). The molecule has 0 bridgehead atoms. The molecular formula is C22H24N2O3S. The lowest BCUT2D eigenvalue weighted by Gasteiger charge is -2.20. The molecular weight excluding hydrogens is 372 g/mol. The van der Waals surface area contributed by atoms with Crippen LogP contribution in [0.25, 0.3) is 10.9 Å². The van der Waals surface area contributed by atoms with E-state index in [0.717, 1.165) is 22.0 Å². The number of esters is 1. The molecule has 0 aliphatic heterocycles. The van der Waals surface area contributed by atoms with Gasteiger partial charge in [0.1, 0.15) is 6.04 Å². The summed E-state index contributed by atoms with van der Waals surface area (Å²) >= 11 is 4.34. The lowest BCUT2D eigenvalue weighted by Crippen LogP contribution is -2.46. The first kappa shape index (κ1) is 20.0. The Morgan fingerprint density at radius 3 is 2.50 bits per heavy atom. The molecule has 146 valence electrons. The van der Waals surface area contributed by atoms with Crippen molar-refractivity contribution >= 4 is 35.4 Å². The minimum Gasteiger partial charge on any atom is -0.467 e. The molecule has 2 aromatic carbocycles. The summed E-state index contributed by atoms with van der Waals surface area (Å²) in [5.41, 5.74) is 3.00. The van der Waals surface area contributed by atoms with Gasteiger partial charge >= 0.3 is 5.97 Å². The van der Waals surface area contributed by atoms with E-state index in [2.05, 4.69) is 22.9 Å². The number of ether oxygens (including phenoxy) is 1. The predicted molar refractivity (Wildman–Crippen MR) is 113 cm³/mol. The summed E-state index contributed by atoms with van der Waals surface area (Å²) in [4.78, 5) is 28.3. The number of aromatic nitrogens is 1. The van der Waals surface area contributed by atoms with Gasteiger partial charge in [-0.25, -0.2) is 4.79 Å². The van der Waals surface area contributed by atoms with Gasteiger partial charge in [0.25, 0.3) is 0 Å². The van der Waals surface area contributed by atoms with E-state index in [1.165, 1.54) is 7.11 Å². The summed E-state index contributed by atoms with van der Waals surface area (Å²) < 4.78 is 4.92. The number of benzene rings is 2. The number of fused-ring (bicyclic) bond motifs is 1. The van der Waals surface area contributed by atoms with Crippen LogP contribution in [0.2, 0.25) is 0 Å². The third-order valence-corrected chi connectivity index (χ3v) is 5.26. The highest BCUT2D eigenvalue weighted by Crippen LogP contribution is 2.20. The van der Waals surface area contributed by atoms with Crippen LogP contribution >= 0.6 is 12.6 Å². The van der Waals surface area contributed by atoms with Gasteiger partial charge in [0.2, 0.25) is 5.91 Å². The molecule has 28 heavy (non-hydrogen) atoms. The lowest BCUT2D eigenvalue weighted by molar-refractivity contribution is -0.145. The third-order valence-electron chi connectivity index (χ3n) is 4.82. The molecule has 2 N–H and O–H groups in total. The molecule has 6 heteroatoms. The zero-order chi connectivity index (χ0) is 19.9. The van der Waals surface area contributed by atoms with Gasteiger partial charge < -0.3 is 15.0 Å². The highest BCUT2D eigenvalue weighted by molar-refractivity contribution is 7.80. The maximum Gasteiger partial charge on any atom is 0.328 e. The van der Waals surface area contributed by atoms with Crippen molar-refractivity contribution in [3.8, 4) is 0 Å². The van der Waals surface area contributed by atoms with Crippen molar-refractivity contribution in [1.29, 1.82) is 0 Å². The highest BCUT2D eigenvalue weighted by Gasteiger charge is 2.26. The zero-order valence-electron chi connectivity index (χ0n) is 15.7. The first-order chi connectivity index (χ1) is 13.6.